The number of halogens is 5. The number of aryl methyl sites for hydroxylation is 1. The van der Waals surface area contributed by atoms with Crippen molar-refractivity contribution in [2.24, 2.45) is 17.8 Å². The van der Waals surface area contributed by atoms with Crippen molar-refractivity contribution >= 4 is 29.2 Å². The summed E-state index contributed by atoms with van der Waals surface area (Å²) in [5.41, 5.74) is -0.405. The van der Waals surface area contributed by atoms with Crippen molar-refractivity contribution in [2.75, 3.05) is 12.4 Å². The molecule has 1 amide bonds. The minimum atomic E-state index is -4.66. The van der Waals surface area contributed by atoms with Crippen molar-refractivity contribution in [2.45, 2.75) is 58.7 Å². The van der Waals surface area contributed by atoms with E-state index in [2.05, 4.69) is 5.32 Å². The zero-order chi connectivity index (χ0) is 26.6. The Morgan fingerprint density at radius 1 is 1.23 bits per heavy atom. The van der Waals surface area contributed by atoms with Crippen molar-refractivity contribution in [3.05, 3.63) is 52.5 Å². The van der Waals surface area contributed by atoms with Gasteiger partial charge in [0.25, 0.3) is 0 Å². The molecule has 0 aromatic heterocycles. The number of anilines is 1. The first-order chi connectivity index (χ1) is 16.1. The molecule has 0 radical (unpaired) electrons. The number of allylic oxidation sites excluding steroid dienone is 3. The molecule has 2 rings (SSSR count). The summed E-state index contributed by atoms with van der Waals surface area (Å²) in [6.07, 6.45) is -1.48. The summed E-state index contributed by atoms with van der Waals surface area (Å²) >= 11 is 6.02. The number of rotatable bonds is 8. The average Bonchev–Trinajstić information content (AvgIpc) is 2.73. The molecule has 1 aromatic carbocycles. The molecular weight excluding hydrogens is 490 g/mol. The predicted molar refractivity (Wildman–Crippen MR) is 125 cm³/mol. The van der Waals surface area contributed by atoms with Crippen LogP contribution in [0.5, 0.6) is 0 Å². The maximum atomic E-state index is 14.5. The summed E-state index contributed by atoms with van der Waals surface area (Å²) in [6, 6.07) is 3.84. The van der Waals surface area contributed by atoms with Crippen LogP contribution in [0.1, 0.15) is 46.1 Å². The van der Waals surface area contributed by atoms with Gasteiger partial charge in [0.05, 0.1) is 29.7 Å². The third kappa shape index (κ3) is 8.26. The van der Waals surface area contributed by atoms with Gasteiger partial charge in [-0.15, -0.1) is 0 Å². The van der Waals surface area contributed by atoms with Crippen LogP contribution in [0, 0.1) is 23.6 Å². The molecule has 0 bridgehead atoms. The lowest BCUT2D eigenvalue weighted by Crippen LogP contribution is -2.40. The Morgan fingerprint density at radius 3 is 2.46 bits per heavy atom. The normalized spacial score (nSPS) is 18.2. The standard InChI is InChI=1S/C25H30ClF4NO4/c1-14(25(28,29)30)22(16-8-9-17(26)20(13-16)34-5)23(33)31-19-12-15(6-10-18(19)27)7-11-21(32)35-24(2,3)4/h6,9-10,12-14,16,22H,7-8,11H2,1-5H3,(H,31,33)/t14-,16?,22+/m1/s1. The summed E-state index contributed by atoms with van der Waals surface area (Å²) < 4.78 is 65.8. The molecule has 0 fully saturated rings. The number of amides is 1. The maximum absolute atomic E-state index is 14.5. The average molecular weight is 520 g/mol. The monoisotopic (exact) mass is 519 g/mol. The predicted octanol–water partition coefficient (Wildman–Crippen LogP) is 6.53. The van der Waals surface area contributed by atoms with Crippen LogP contribution in [0.25, 0.3) is 0 Å². The second-order valence-corrected chi connectivity index (χ2v) is 9.84. The van der Waals surface area contributed by atoms with E-state index in [0.29, 0.717) is 5.56 Å². The van der Waals surface area contributed by atoms with Gasteiger partial charge in [-0.05, 0) is 63.3 Å². The molecular formula is C25H30ClF4NO4. The van der Waals surface area contributed by atoms with Gasteiger partial charge >= 0.3 is 12.1 Å². The molecule has 194 valence electrons. The van der Waals surface area contributed by atoms with Gasteiger partial charge in [-0.3, -0.25) is 9.59 Å². The highest BCUT2D eigenvalue weighted by molar-refractivity contribution is 6.31. The molecule has 5 nitrogen and oxygen atoms in total. The molecule has 0 spiro atoms. The lowest BCUT2D eigenvalue weighted by Gasteiger charge is -2.32. The van der Waals surface area contributed by atoms with E-state index in [-0.39, 0.29) is 35.7 Å². The molecule has 0 saturated carbocycles. The van der Waals surface area contributed by atoms with E-state index in [1.807, 2.05) is 0 Å². The Balaban J connectivity index is 2.25. The molecule has 1 N–H and O–H groups in total. The van der Waals surface area contributed by atoms with Crippen molar-refractivity contribution in [1.29, 1.82) is 0 Å². The highest BCUT2D eigenvalue weighted by Gasteiger charge is 2.47. The van der Waals surface area contributed by atoms with Gasteiger partial charge in [0.15, 0.2) is 0 Å². The summed E-state index contributed by atoms with van der Waals surface area (Å²) in [4.78, 5) is 25.1. The fraction of sp³-hybridized carbons (Fsp3) is 0.520. The SMILES string of the molecule is COC1=CC([C@@H](C(=O)Nc2cc(CCC(=O)OC(C)(C)C)ccc2F)[C@@H](C)C(F)(F)F)CC=C1Cl. The molecule has 0 aliphatic heterocycles. The van der Waals surface area contributed by atoms with Gasteiger partial charge in [-0.25, -0.2) is 4.39 Å². The van der Waals surface area contributed by atoms with Crippen molar-refractivity contribution in [1.82, 2.24) is 0 Å². The third-order valence-electron chi connectivity index (χ3n) is 5.54. The van der Waals surface area contributed by atoms with Gasteiger partial charge in [0, 0.05) is 6.42 Å². The van der Waals surface area contributed by atoms with E-state index < -0.39 is 47.2 Å². The molecule has 3 atom stereocenters. The van der Waals surface area contributed by atoms with Crippen molar-refractivity contribution in [3.8, 4) is 0 Å². The number of carbonyl (C=O) groups is 2. The Bertz CT molecular complexity index is 998. The first-order valence-corrected chi connectivity index (χ1v) is 11.5. The highest BCUT2D eigenvalue weighted by Crippen LogP contribution is 2.41. The number of methoxy groups -OCH3 is 1. The van der Waals surface area contributed by atoms with Gasteiger partial charge < -0.3 is 14.8 Å². The smallest absolute Gasteiger partial charge is 0.392 e. The van der Waals surface area contributed by atoms with E-state index in [9.17, 15) is 27.2 Å². The number of hydrogen-bond donors (Lipinski definition) is 1. The van der Waals surface area contributed by atoms with E-state index in [0.717, 1.165) is 13.0 Å². The first-order valence-electron chi connectivity index (χ1n) is 11.1. The van der Waals surface area contributed by atoms with Gasteiger partial charge in [-0.1, -0.05) is 30.7 Å². The number of alkyl halides is 3. The second kappa shape index (κ2) is 11.5. The lowest BCUT2D eigenvalue weighted by molar-refractivity contribution is -0.188. The minimum absolute atomic E-state index is 0.0176. The highest BCUT2D eigenvalue weighted by atomic mass is 35.5. The Morgan fingerprint density at radius 2 is 1.89 bits per heavy atom. The fourth-order valence-electron chi connectivity index (χ4n) is 3.77. The number of nitrogens with one attached hydrogen (secondary N) is 1. The summed E-state index contributed by atoms with van der Waals surface area (Å²) in [5, 5.41) is 2.56. The first kappa shape index (κ1) is 28.7. The number of benzene rings is 1. The molecule has 35 heavy (non-hydrogen) atoms. The fourth-order valence-corrected chi connectivity index (χ4v) is 4.00. The lowest BCUT2D eigenvalue weighted by atomic mass is 9.77. The van der Waals surface area contributed by atoms with Crippen LogP contribution in [0.15, 0.2) is 41.1 Å². The van der Waals surface area contributed by atoms with Crippen LogP contribution >= 0.6 is 11.6 Å². The Kier molecular flexibility index (Phi) is 9.39. The molecule has 10 heteroatoms. The Labute approximate surface area is 207 Å². The topological polar surface area (TPSA) is 64.6 Å². The van der Waals surface area contributed by atoms with E-state index in [1.165, 1.54) is 31.4 Å². The molecule has 0 heterocycles. The van der Waals surface area contributed by atoms with Crippen LogP contribution in [0.2, 0.25) is 0 Å². The Hall–Kier alpha value is -2.55. The zero-order valence-electron chi connectivity index (χ0n) is 20.3. The number of carbonyl (C=O) groups excluding carboxylic acids is 2. The molecule has 0 saturated heterocycles. The van der Waals surface area contributed by atoms with Crippen LogP contribution in [-0.4, -0.2) is 30.8 Å². The largest absolute Gasteiger partial charge is 0.496 e. The summed E-state index contributed by atoms with van der Waals surface area (Å²) in [7, 11) is 1.32. The van der Waals surface area contributed by atoms with E-state index in [1.54, 1.807) is 20.8 Å². The molecule has 1 unspecified atom stereocenters. The van der Waals surface area contributed by atoms with Gasteiger partial charge in [-0.2, -0.15) is 13.2 Å². The number of ether oxygens (including phenoxy) is 2. The quantitative estimate of drug-likeness (QED) is 0.313. The maximum Gasteiger partial charge on any atom is 0.392 e. The van der Waals surface area contributed by atoms with Gasteiger partial charge in [0.1, 0.15) is 17.2 Å². The van der Waals surface area contributed by atoms with E-state index in [4.69, 9.17) is 21.1 Å². The van der Waals surface area contributed by atoms with Crippen LogP contribution in [0.3, 0.4) is 0 Å². The van der Waals surface area contributed by atoms with Crippen LogP contribution in [0.4, 0.5) is 23.2 Å². The van der Waals surface area contributed by atoms with Crippen LogP contribution < -0.4 is 5.32 Å². The second-order valence-electron chi connectivity index (χ2n) is 9.43. The molecule has 1 aromatic rings. The minimum Gasteiger partial charge on any atom is -0.496 e. The third-order valence-corrected chi connectivity index (χ3v) is 5.88. The van der Waals surface area contributed by atoms with Crippen molar-refractivity contribution in [3.63, 3.8) is 0 Å². The summed E-state index contributed by atoms with van der Waals surface area (Å²) in [5.74, 6) is -6.53. The molecule has 1 aliphatic rings. The van der Waals surface area contributed by atoms with Crippen LogP contribution in [-0.2, 0) is 25.5 Å². The van der Waals surface area contributed by atoms with Gasteiger partial charge in [0.2, 0.25) is 5.91 Å². The number of esters is 1. The summed E-state index contributed by atoms with van der Waals surface area (Å²) in [6.45, 7) is 6.11. The zero-order valence-corrected chi connectivity index (χ0v) is 21.0. The van der Waals surface area contributed by atoms with E-state index >= 15 is 0 Å². The number of hydrogen-bond acceptors (Lipinski definition) is 4. The molecule has 1 aliphatic carbocycles. The van der Waals surface area contributed by atoms with Crippen molar-refractivity contribution < 1.29 is 36.6 Å².